The van der Waals surface area contributed by atoms with Crippen molar-refractivity contribution in [3.05, 3.63) is 47.8 Å². The lowest BCUT2D eigenvalue weighted by atomic mass is 9.91. The third-order valence-electron chi connectivity index (χ3n) is 6.61. The molecular weight excluding hydrogens is 332 g/mol. The lowest BCUT2D eigenvalue weighted by Gasteiger charge is -2.36. The van der Waals surface area contributed by atoms with E-state index in [0.717, 1.165) is 49.7 Å². The van der Waals surface area contributed by atoms with E-state index >= 15 is 0 Å². The van der Waals surface area contributed by atoms with E-state index in [4.69, 9.17) is 4.98 Å². The number of aromatic nitrogens is 2. The van der Waals surface area contributed by atoms with Crippen molar-refractivity contribution in [3.63, 3.8) is 0 Å². The molecule has 4 nitrogen and oxygen atoms in total. The number of rotatable bonds is 2. The Balaban J connectivity index is 1.33. The summed E-state index contributed by atoms with van der Waals surface area (Å²) in [5.41, 5.74) is 7.31. The van der Waals surface area contributed by atoms with Crippen LogP contribution in [0.5, 0.6) is 0 Å². The molecule has 0 saturated heterocycles. The summed E-state index contributed by atoms with van der Waals surface area (Å²) in [6.07, 6.45) is 8.20. The Morgan fingerprint density at radius 2 is 1.81 bits per heavy atom. The normalized spacial score (nSPS) is 19.7. The summed E-state index contributed by atoms with van der Waals surface area (Å²) in [5, 5.41) is 0. The highest BCUT2D eigenvalue weighted by atomic mass is 15.2. The van der Waals surface area contributed by atoms with Gasteiger partial charge in [-0.25, -0.2) is 4.98 Å². The van der Waals surface area contributed by atoms with Crippen LogP contribution in [0.2, 0.25) is 0 Å². The van der Waals surface area contributed by atoms with Gasteiger partial charge in [0.15, 0.2) is 0 Å². The SMILES string of the molecule is C1=Nc2cc(-c3ccc4c(c3)nc3n4CCN(C4CCC4)CC3)ccc2C1. The molecular formula is C23H24N4. The molecule has 0 radical (unpaired) electrons. The van der Waals surface area contributed by atoms with Crippen LogP contribution in [0.1, 0.15) is 30.7 Å². The lowest BCUT2D eigenvalue weighted by Crippen LogP contribution is -2.41. The Labute approximate surface area is 159 Å². The van der Waals surface area contributed by atoms with Crippen LogP contribution in [0.4, 0.5) is 5.69 Å². The number of fused-ring (bicyclic) bond motifs is 4. The lowest BCUT2D eigenvalue weighted by molar-refractivity contribution is 0.130. The van der Waals surface area contributed by atoms with Crippen molar-refractivity contribution in [1.29, 1.82) is 0 Å². The van der Waals surface area contributed by atoms with Crippen molar-refractivity contribution in [3.8, 4) is 11.1 Å². The highest BCUT2D eigenvalue weighted by molar-refractivity contribution is 5.85. The predicted molar refractivity (Wildman–Crippen MR) is 110 cm³/mol. The van der Waals surface area contributed by atoms with Crippen LogP contribution in [0.3, 0.4) is 0 Å². The van der Waals surface area contributed by atoms with E-state index < -0.39 is 0 Å². The first-order valence-electron chi connectivity index (χ1n) is 10.2. The van der Waals surface area contributed by atoms with Gasteiger partial charge >= 0.3 is 0 Å². The van der Waals surface area contributed by atoms with Gasteiger partial charge in [0.1, 0.15) is 5.82 Å². The van der Waals surface area contributed by atoms with Crippen molar-refractivity contribution in [2.45, 2.75) is 44.7 Å². The smallest absolute Gasteiger partial charge is 0.111 e. The first-order chi connectivity index (χ1) is 13.3. The molecule has 136 valence electrons. The number of benzene rings is 2. The van der Waals surface area contributed by atoms with E-state index in [-0.39, 0.29) is 0 Å². The maximum absolute atomic E-state index is 5.02. The fourth-order valence-electron chi connectivity index (χ4n) is 4.78. The Kier molecular flexibility index (Phi) is 3.48. The average molecular weight is 356 g/mol. The molecule has 0 bridgehead atoms. The molecule has 27 heavy (non-hydrogen) atoms. The molecule has 2 aliphatic heterocycles. The van der Waals surface area contributed by atoms with Gasteiger partial charge in [-0.15, -0.1) is 0 Å². The minimum absolute atomic E-state index is 0.829. The van der Waals surface area contributed by atoms with Gasteiger partial charge in [0.25, 0.3) is 0 Å². The number of hydrogen-bond acceptors (Lipinski definition) is 3. The van der Waals surface area contributed by atoms with Gasteiger partial charge in [0, 0.05) is 44.7 Å². The maximum Gasteiger partial charge on any atom is 0.111 e. The number of hydrogen-bond donors (Lipinski definition) is 0. The molecule has 0 spiro atoms. The minimum Gasteiger partial charge on any atom is -0.327 e. The fraction of sp³-hybridized carbons (Fsp3) is 0.391. The molecule has 0 atom stereocenters. The van der Waals surface area contributed by atoms with E-state index in [2.05, 4.69) is 50.9 Å². The fourth-order valence-corrected chi connectivity index (χ4v) is 4.78. The van der Waals surface area contributed by atoms with E-state index in [1.54, 1.807) is 0 Å². The summed E-state index contributed by atoms with van der Waals surface area (Å²) in [7, 11) is 0. The zero-order valence-electron chi connectivity index (χ0n) is 15.6. The molecule has 3 aromatic rings. The summed E-state index contributed by atoms with van der Waals surface area (Å²) >= 11 is 0. The Hall–Kier alpha value is -2.46. The van der Waals surface area contributed by atoms with Gasteiger partial charge in [-0.1, -0.05) is 24.6 Å². The van der Waals surface area contributed by atoms with Crippen molar-refractivity contribution in [2.75, 3.05) is 13.1 Å². The highest BCUT2D eigenvalue weighted by Crippen LogP contribution is 2.32. The van der Waals surface area contributed by atoms with Gasteiger partial charge in [0.05, 0.1) is 16.7 Å². The van der Waals surface area contributed by atoms with Crippen LogP contribution in [0.15, 0.2) is 41.4 Å². The van der Waals surface area contributed by atoms with Crippen LogP contribution >= 0.6 is 0 Å². The maximum atomic E-state index is 5.02. The largest absolute Gasteiger partial charge is 0.327 e. The van der Waals surface area contributed by atoms with E-state index in [1.807, 2.05) is 6.21 Å². The molecule has 0 N–H and O–H groups in total. The quantitative estimate of drug-likeness (QED) is 0.683. The minimum atomic E-state index is 0.829. The van der Waals surface area contributed by atoms with E-state index in [1.165, 1.54) is 47.3 Å². The monoisotopic (exact) mass is 356 g/mol. The first kappa shape index (κ1) is 15.6. The van der Waals surface area contributed by atoms with Gasteiger partial charge in [-0.3, -0.25) is 9.89 Å². The van der Waals surface area contributed by atoms with Gasteiger partial charge in [-0.05, 0) is 47.7 Å². The van der Waals surface area contributed by atoms with Crippen molar-refractivity contribution in [1.82, 2.24) is 14.5 Å². The molecule has 6 rings (SSSR count). The number of imidazole rings is 1. The van der Waals surface area contributed by atoms with E-state index in [0.29, 0.717) is 0 Å². The number of aliphatic imine (C=N–C) groups is 1. The molecule has 4 heteroatoms. The van der Waals surface area contributed by atoms with Crippen LogP contribution < -0.4 is 0 Å². The number of nitrogens with zero attached hydrogens (tertiary/aromatic N) is 4. The molecule has 2 aromatic carbocycles. The Bertz CT molecular complexity index is 1060. The third kappa shape index (κ3) is 2.54. The standard InChI is InChI=1S/C23H24N4/c1-2-19(3-1)26-11-9-23-25-21-15-18(6-7-22(21)27(23)13-12-26)17-5-4-16-8-10-24-20(16)14-17/h4-7,10,14-15,19H,1-3,8-9,11-13H2. The summed E-state index contributed by atoms with van der Waals surface area (Å²) in [6, 6.07) is 14.2. The zero-order chi connectivity index (χ0) is 17.8. The molecule has 1 fully saturated rings. The van der Waals surface area contributed by atoms with Gasteiger partial charge in [0.2, 0.25) is 0 Å². The van der Waals surface area contributed by atoms with Gasteiger partial charge in [-0.2, -0.15) is 0 Å². The Morgan fingerprint density at radius 3 is 2.70 bits per heavy atom. The van der Waals surface area contributed by atoms with Crippen molar-refractivity contribution in [2.24, 2.45) is 4.99 Å². The molecule has 0 amide bonds. The summed E-state index contributed by atoms with van der Waals surface area (Å²) < 4.78 is 2.45. The second-order valence-corrected chi connectivity index (χ2v) is 8.11. The van der Waals surface area contributed by atoms with Crippen LogP contribution in [0.25, 0.3) is 22.2 Å². The van der Waals surface area contributed by atoms with E-state index in [9.17, 15) is 0 Å². The first-order valence-corrected chi connectivity index (χ1v) is 10.2. The summed E-state index contributed by atoms with van der Waals surface area (Å²) in [6.45, 7) is 3.38. The molecule has 1 aromatic heterocycles. The van der Waals surface area contributed by atoms with Crippen molar-refractivity contribution >= 4 is 22.9 Å². The zero-order valence-corrected chi connectivity index (χ0v) is 15.6. The molecule has 3 heterocycles. The molecule has 0 unspecified atom stereocenters. The Morgan fingerprint density at radius 1 is 0.926 bits per heavy atom. The predicted octanol–water partition coefficient (Wildman–Crippen LogP) is 4.37. The third-order valence-corrected chi connectivity index (χ3v) is 6.61. The average Bonchev–Trinajstić information content (AvgIpc) is 3.20. The summed E-state index contributed by atoms with van der Waals surface area (Å²) in [4.78, 5) is 12.2. The molecule has 1 aliphatic carbocycles. The molecule has 1 saturated carbocycles. The van der Waals surface area contributed by atoms with Crippen LogP contribution in [-0.2, 0) is 19.4 Å². The topological polar surface area (TPSA) is 33.4 Å². The second kappa shape index (κ2) is 6.03. The van der Waals surface area contributed by atoms with Crippen molar-refractivity contribution < 1.29 is 0 Å². The second-order valence-electron chi connectivity index (χ2n) is 8.11. The van der Waals surface area contributed by atoms with Crippen LogP contribution in [-0.4, -0.2) is 39.8 Å². The highest BCUT2D eigenvalue weighted by Gasteiger charge is 2.27. The van der Waals surface area contributed by atoms with Gasteiger partial charge < -0.3 is 4.57 Å². The van der Waals surface area contributed by atoms with Crippen LogP contribution in [0, 0.1) is 0 Å². The summed E-state index contributed by atoms with van der Waals surface area (Å²) in [5.74, 6) is 1.25. The molecule has 3 aliphatic rings.